The van der Waals surface area contributed by atoms with Crippen molar-refractivity contribution in [2.75, 3.05) is 19.8 Å². The van der Waals surface area contributed by atoms with E-state index in [1.165, 1.54) is 12.2 Å². The van der Waals surface area contributed by atoms with Crippen LogP contribution in [0.15, 0.2) is 23.8 Å². The lowest BCUT2D eigenvalue weighted by atomic mass is 9.46. The number of aliphatic hydroxyl groups excluding tert-OH is 1. The largest absolute Gasteiger partial charge is 0.410 e. The normalized spacial score (nSPS) is 39.6. The molecule has 0 bridgehead atoms. The highest BCUT2D eigenvalue weighted by Gasteiger charge is 2.69. The number of hydrogen-bond acceptors (Lipinski definition) is 8. The standard InChI is InChI=1S/C30H45FO8/c1-5-7-13-37-30(36,38-14-8-6-2)39-18-25(34)29(35)12-10-21-20-16-23(31)22-15-19(32)9-11-27(22,3)26(20)24(33)17-28(21,29)4/h9,11,15,20-21,23-24,26,33,35-36H,5-8,10,12-14,16-18H2,1-4H3/t20-,21-,23-,24?,26+,27-,28-,29-/m0/s1. The number of hydrogen-bond donors (Lipinski definition) is 3. The Hall–Kier alpha value is -1.49. The van der Waals surface area contributed by atoms with Crippen LogP contribution >= 0.6 is 0 Å². The Morgan fingerprint density at radius 1 is 1.15 bits per heavy atom. The lowest BCUT2D eigenvalue weighted by Gasteiger charge is -2.60. The molecule has 8 atom stereocenters. The van der Waals surface area contributed by atoms with E-state index in [2.05, 4.69) is 0 Å². The molecule has 9 heteroatoms. The maximum absolute atomic E-state index is 15.5. The Morgan fingerprint density at radius 3 is 2.41 bits per heavy atom. The van der Waals surface area contributed by atoms with Gasteiger partial charge in [0.1, 0.15) is 18.4 Å². The van der Waals surface area contributed by atoms with Crippen LogP contribution in [0, 0.1) is 28.6 Å². The second-order valence-corrected chi connectivity index (χ2v) is 12.3. The first kappa shape index (κ1) is 30.5. The maximum Gasteiger partial charge on any atom is 0.410 e. The molecular weight excluding hydrogens is 507 g/mol. The fourth-order valence-electron chi connectivity index (χ4n) is 7.89. The Kier molecular flexibility index (Phi) is 8.92. The Morgan fingerprint density at radius 2 is 1.79 bits per heavy atom. The van der Waals surface area contributed by atoms with E-state index in [0.717, 1.165) is 12.8 Å². The molecule has 0 radical (unpaired) electrons. The minimum atomic E-state index is -2.40. The van der Waals surface area contributed by atoms with Gasteiger partial charge in [0.2, 0.25) is 0 Å². The van der Waals surface area contributed by atoms with Crippen molar-refractivity contribution in [3.63, 3.8) is 0 Å². The molecule has 0 aliphatic heterocycles. The van der Waals surface area contributed by atoms with Gasteiger partial charge in [0.15, 0.2) is 11.6 Å². The number of alkyl halides is 1. The molecule has 39 heavy (non-hydrogen) atoms. The van der Waals surface area contributed by atoms with Crippen molar-refractivity contribution < 1.29 is 43.5 Å². The van der Waals surface area contributed by atoms with E-state index in [1.54, 1.807) is 13.0 Å². The molecule has 4 aliphatic carbocycles. The maximum atomic E-state index is 15.5. The molecule has 0 saturated heterocycles. The van der Waals surface area contributed by atoms with Gasteiger partial charge < -0.3 is 24.8 Å². The number of aliphatic hydroxyl groups is 3. The molecule has 3 N–H and O–H groups in total. The summed E-state index contributed by atoms with van der Waals surface area (Å²) in [5, 5.41) is 34.2. The third-order valence-corrected chi connectivity index (χ3v) is 10.0. The second kappa shape index (κ2) is 11.4. The van der Waals surface area contributed by atoms with Gasteiger partial charge in [0.25, 0.3) is 0 Å². The van der Waals surface area contributed by atoms with Crippen LogP contribution in [-0.2, 0) is 23.8 Å². The van der Waals surface area contributed by atoms with Crippen LogP contribution in [-0.4, -0.2) is 70.7 Å². The number of carbonyl (C=O) groups excluding carboxylic acids is 2. The first-order valence-electron chi connectivity index (χ1n) is 14.5. The van der Waals surface area contributed by atoms with Crippen molar-refractivity contribution in [1.82, 2.24) is 0 Å². The van der Waals surface area contributed by atoms with Crippen molar-refractivity contribution in [3.05, 3.63) is 23.8 Å². The smallest absolute Gasteiger partial charge is 0.393 e. The second-order valence-electron chi connectivity index (χ2n) is 12.3. The van der Waals surface area contributed by atoms with E-state index in [0.29, 0.717) is 24.8 Å². The summed E-state index contributed by atoms with van der Waals surface area (Å²) in [6.07, 6.45) is 3.74. The third-order valence-electron chi connectivity index (χ3n) is 10.0. The first-order valence-corrected chi connectivity index (χ1v) is 14.5. The van der Waals surface area contributed by atoms with Gasteiger partial charge in [-0.2, -0.15) is 0 Å². The molecule has 3 fully saturated rings. The number of carbonyl (C=O) groups is 2. The quantitative estimate of drug-likeness (QED) is 0.247. The van der Waals surface area contributed by atoms with Crippen LogP contribution in [0.1, 0.15) is 79.1 Å². The highest BCUT2D eigenvalue weighted by Crippen LogP contribution is 2.67. The van der Waals surface area contributed by atoms with E-state index in [9.17, 15) is 24.9 Å². The van der Waals surface area contributed by atoms with Crippen molar-refractivity contribution in [2.24, 2.45) is 28.6 Å². The van der Waals surface area contributed by atoms with E-state index < -0.39 is 47.3 Å². The highest BCUT2D eigenvalue weighted by molar-refractivity contribution is 6.01. The Labute approximate surface area is 230 Å². The molecule has 0 aromatic rings. The molecule has 4 aliphatic rings. The van der Waals surface area contributed by atoms with Gasteiger partial charge in [0.05, 0.1) is 19.3 Å². The summed E-state index contributed by atoms with van der Waals surface area (Å²) in [5.74, 6) is -1.73. The number of rotatable bonds is 12. The van der Waals surface area contributed by atoms with Crippen molar-refractivity contribution in [2.45, 2.75) is 103 Å². The predicted molar refractivity (Wildman–Crippen MR) is 141 cm³/mol. The first-order chi connectivity index (χ1) is 18.3. The van der Waals surface area contributed by atoms with E-state index in [-0.39, 0.29) is 56.0 Å². The number of allylic oxidation sites excluding steroid dienone is 4. The Balaban J connectivity index is 1.53. The fourth-order valence-corrected chi connectivity index (χ4v) is 7.89. The summed E-state index contributed by atoms with van der Waals surface area (Å²) >= 11 is 0. The molecule has 0 aromatic carbocycles. The number of ketones is 2. The summed E-state index contributed by atoms with van der Waals surface area (Å²) in [6.45, 7) is 7.32. The van der Waals surface area contributed by atoms with Crippen LogP contribution in [0.3, 0.4) is 0 Å². The van der Waals surface area contributed by atoms with Crippen molar-refractivity contribution >= 4 is 11.6 Å². The average molecular weight is 553 g/mol. The fraction of sp³-hybridized carbons (Fsp3) is 0.800. The SMILES string of the molecule is CCCCOC(O)(OCCCC)OCC(=O)[C@@]1(O)CC[C@H]2[C@@H]3C[C@H](F)C4=CC(=O)C=C[C@]4(C)[C@H]3C(O)C[C@@]21C. The van der Waals surface area contributed by atoms with Crippen LogP contribution in [0.4, 0.5) is 4.39 Å². The van der Waals surface area contributed by atoms with Crippen molar-refractivity contribution in [3.8, 4) is 0 Å². The average Bonchev–Trinajstić information content (AvgIpc) is 3.15. The molecule has 220 valence electrons. The van der Waals surface area contributed by atoms with Crippen molar-refractivity contribution in [1.29, 1.82) is 0 Å². The Bertz CT molecular complexity index is 985. The molecule has 4 rings (SSSR count). The zero-order valence-corrected chi connectivity index (χ0v) is 23.7. The minimum Gasteiger partial charge on any atom is -0.393 e. The predicted octanol–water partition coefficient (Wildman–Crippen LogP) is 3.77. The summed E-state index contributed by atoms with van der Waals surface area (Å²) in [7, 11) is 0. The summed E-state index contributed by atoms with van der Waals surface area (Å²) < 4.78 is 31.8. The molecule has 0 heterocycles. The number of ether oxygens (including phenoxy) is 3. The molecule has 3 saturated carbocycles. The van der Waals surface area contributed by atoms with Crippen LogP contribution < -0.4 is 0 Å². The van der Waals surface area contributed by atoms with Gasteiger partial charge in [-0.15, -0.1) is 0 Å². The van der Waals surface area contributed by atoms with Crippen LogP contribution in [0.25, 0.3) is 0 Å². The zero-order chi connectivity index (χ0) is 28.6. The number of fused-ring (bicyclic) bond motifs is 5. The minimum absolute atomic E-state index is 0.127. The summed E-state index contributed by atoms with van der Waals surface area (Å²) in [4.78, 5) is 25.6. The van der Waals surface area contributed by atoms with E-state index >= 15 is 4.39 Å². The van der Waals surface area contributed by atoms with Gasteiger partial charge >= 0.3 is 6.16 Å². The van der Waals surface area contributed by atoms with Crippen LogP contribution in [0.5, 0.6) is 0 Å². The molecular formula is C30H45FO8. The number of halogens is 1. The lowest BCUT2D eigenvalue weighted by Crippen LogP contribution is -2.63. The molecule has 1 unspecified atom stereocenters. The zero-order valence-electron chi connectivity index (χ0n) is 23.7. The number of unbranched alkanes of at least 4 members (excludes halogenated alkanes) is 2. The third kappa shape index (κ3) is 5.31. The van der Waals surface area contributed by atoms with Gasteiger partial charge in [-0.25, -0.2) is 4.39 Å². The highest BCUT2D eigenvalue weighted by atomic mass is 19.1. The van der Waals surface area contributed by atoms with Gasteiger partial charge in [0, 0.05) is 16.7 Å². The van der Waals surface area contributed by atoms with Gasteiger partial charge in [-0.05, 0) is 68.1 Å². The molecule has 0 amide bonds. The summed E-state index contributed by atoms with van der Waals surface area (Å²) in [5.41, 5.74) is -3.27. The van der Waals surface area contributed by atoms with Crippen LogP contribution in [0.2, 0.25) is 0 Å². The van der Waals surface area contributed by atoms with Gasteiger partial charge in [-0.1, -0.05) is 46.6 Å². The van der Waals surface area contributed by atoms with E-state index in [1.807, 2.05) is 20.8 Å². The summed E-state index contributed by atoms with van der Waals surface area (Å²) in [6, 6.07) is 0. The van der Waals surface area contributed by atoms with Gasteiger partial charge in [-0.3, -0.25) is 14.3 Å². The monoisotopic (exact) mass is 552 g/mol. The number of Topliss-reactive ketones (excluding diaryl/α,β-unsaturated/α-hetero) is 1. The topological polar surface area (TPSA) is 123 Å². The molecule has 0 spiro atoms. The van der Waals surface area contributed by atoms with E-state index in [4.69, 9.17) is 14.2 Å². The molecule has 8 nitrogen and oxygen atoms in total. The lowest BCUT2D eigenvalue weighted by molar-refractivity contribution is -0.483. The molecule has 0 aromatic heterocycles.